The van der Waals surface area contributed by atoms with Crippen LogP contribution in [0.25, 0.3) is 0 Å². The zero-order valence-electron chi connectivity index (χ0n) is 12.2. The van der Waals surface area contributed by atoms with Gasteiger partial charge in [-0.05, 0) is 45.8 Å². The summed E-state index contributed by atoms with van der Waals surface area (Å²) in [6.07, 6.45) is 4.68. The van der Waals surface area contributed by atoms with Gasteiger partial charge in [0.1, 0.15) is 0 Å². The van der Waals surface area contributed by atoms with Crippen LogP contribution in [0.3, 0.4) is 0 Å². The van der Waals surface area contributed by atoms with E-state index in [2.05, 4.69) is 16.8 Å². The molecule has 0 spiro atoms. The van der Waals surface area contributed by atoms with Crippen LogP contribution in [0.15, 0.2) is 0 Å². The maximum absolute atomic E-state index is 12.3. The number of amides is 1. The third-order valence-electron chi connectivity index (χ3n) is 4.43. The van der Waals surface area contributed by atoms with Crippen LogP contribution in [0.5, 0.6) is 0 Å². The molecule has 2 heterocycles. The Bertz CT molecular complexity index is 289. The summed E-state index contributed by atoms with van der Waals surface area (Å²) >= 11 is 0. The van der Waals surface area contributed by atoms with Crippen LogP contribution < -0.4 is 5.73 Å². The number of carbonyl (C=O) groups excluding carboxylic acids is 1. The number of nitrogens with zero attached hydrogens (tertiary/aromatic N) is 3. The lowest BCUT2D eigenvalue weighted by Crippen LogP contribution is -2.50. The topological polar surface area (TPSA) is 52.8 Å². The van der Waals surface area contributed by atoms with Gasteiger partial charge in [-0.1, -0.05) is 0 Å². The van der Waals surface area contributed by atoms with E-state index in [4.69, 9.17) is 5.73 Å². The third kappa shape index (κ3) is 4.16. The Kier molecular flexibility index (Phi) is 5.60. The first-order valence-electron chi connectivity index (χ1n) is 7.61. The third-order valence-corrected chi connectivity index (χ3v) is 4.43. The van der Waals surface area contributed by atoms with Crippen molar-refractivity contribution in [2.45, 2.75) is 31.7 Å². The van der Waals surface area contributed by atoms with Crippen molar-refractivity contribution in [3.63, 3.8) is 0 Å². The Labute approximate surface area is 116 Å². The lowest BCUT2D eigenvalue weighted by Gasteiger charge is -2.34. The summed E-state index contributed by atoms with van der Waals surface area (Å²) in [5, 5.41) is 0. The van der Waals surface area contributed by atoms with Crippen LogP contribution in [0, 0.1) is 0 Å². The number of hydrogen-bond donors (Lipinski definition) is 1. The molecule has 2 saturated heterocycles. The van der Waals surface area contributed by atoms with Crippen molar-refractivity contribution in [2.24, 2.45) is 5.73 Å². The molecule has 0 aromatic rings. The van der Waals surface area contributed by atoms with Crippen LogP contribution in [0.1, 0.15) is 25.7 Å². The minimum Gasteiger partial charge on any atom is -0.339 e. The highest BCUT2D eigenvalue weighted by Crippen LogP contribution is 2.21. The Morgan fingerprint density at radius 3 is 2.63 bits per heavy atom. The number of likely N-dealkylation sites (tertiary alicyclic amines) is 1. The second kappa shape index (κ2) is 7.22. The first-order valence-corrected chi connectivity index (χ1v) is 7.61. The van der Waals surface area contributed by atoms with Gasteiger partial charge in [0.15, 0.2) is 0 Å². The first-order chi connectivity index (χ1) is 9.20. The Hall–Kier alpha value is -0.650. The smallest absolute Gasteiger partial charge is 0.236 e. The fourth-order valence-electron chi connectivity index (χ4n) is 3.11. The van der Waals surface area contributed by atoms with Gasteiger partial charge in [-0.3, -0.25) is 9.69 Å². The van der Waals surface area contributed by atoms with E-state index in [9.17, 15) is 4.79 Å². The average Bonchev–Trinajstić information content (AvgIpc) is 2.84. The highest BCUT2D eigenvalue weighted by molar-refractivity contribution is 5.78. The summed E-state index contributed by atoms with van der Waals surface area (Å²) in [5.41, 5.74) is 5.58. The van der Waals surface area contributed by atoms with Crippen molar-refractivity contribution >= 4 is 5.91 Å². The zero-order chi connectivity index (χ0) is 13.7. The van der Waals surface area contributed by atoms with E-state index in [1.807, 2.05) is 4.90 Å². The molecule has 2 aliphatic heterocycles. The molecule has 0 aromatic carbocycles. The summed E-state index contributed by atoms with van der Waals surface area (Å²) in [6, 6.07) is 0.583. The number of piperazine rings is 1. The molecule has 1 unspecified atom stereocenters. The van der Waals surface area contributed by atoms with Crippen molar-refractivity contribution in [3.05, 3.63) is 0 Å². The summed E-state index contributed by atoms with van der Waals surface area (Å²) in [4.78, 5) is 19.0. The van der Waals surface area contributed by atoms with Crippen molar-refractivity contribution < 1.29 is 4.79 Å². The van der Waals surface area contributed by atoms with E-state index in [1.54, 1.807) is 0 Å². The Morgan fingerprint density at radius 1 is 1.21 bits per heavy atom. The molecule has 1 amide bonds. The lowest BCUT2D eigenvalue weighted by molar-refractivity contribution is -0.134. The minimum atomic E-state index is 0.313. The standard InChI is InChI=1S/C14H28N4O/c1-16-8-10-17(11-9-16)14(19)12-18-7-3-5-13(18)4-2-6-15/h13H,2-12,15H2,1H3. The van der Waals surface area contributed by atoms with E-state index in [0.29, 0.717) is 18.5 Å². The van der Waals surface area contributed by atoms with Gasteiger partial charge in [-0.2, -0.15) is 0 Å². The molecule has 2 N–H and O–H groups in total. The van der Waals surface area contributed by atoms with Gasteiger partial charge >= 0.3 is 0 Å². The molecule has 2 fully saturated rings. The molecule has 110 valence electrons. The van der Waals surface area contributed by atoms with Crippen LogP contribution >= 0.6 is 0 Å². The van der Waals surface area contributed by atoms with Gasteiger partial charge in [0.25, 0.3) is 0 Å². The first kappa shape index (κ1) is 14.8. The largest absolute Gasteiger partial charge is 0.339 e. The maximum atomic E-state index is 12.3. The van der Waals surface area contributed by atoms with Gasteiger partial charge in [0.2, 0.25) is 5.91 Å². The summed E-state index contributed by atoms with van der Waals surface area (Å²) < 4.78 is 0. The van der Waals surface area contributed by atoms with E-state index in [1.165, 1.54) is 12.8 Å². The maximum Gasteiger partial charge on any atom is 0.236 e. The predicted molar refractivity (Wildman–Crippen MR) is 77.0 cm³/mol. The highest BCUT2D eigenvalue weighted by atomic mass is 16.2. The normalized spacial score (nSPS) is 26.0. The van der Waals surface area contributed by atoms with Gasteiger partial charge in [0, 0.05) is 32.2 Å². The molecule has 0 bridgehead atoms. The van der Waals surface area contributed by atoms with Crippen LogP contribution in [-0.2, 0) is 4.79 Å². The predicted octanol–water partition coefficient (Wildman–Crippen LogP) is -0.0363. The van der Waals surface area contributed by atoms with E-state index < -0.39 is 0 Å². The van der Waals surface area contributed by atoms with E-state index in [-0.39, 0.29) is 0 Å². The van der Waals surface area contributed by atoms with Gasteiger partial charge in [0.05, 0.1) is 6.54 Å². The lowest BCUT2D eigenvalue weighted by atomic mass is 10.1. The van der Waals surface area contributed by atoms with E-state index in [0.717, 1.165) is 52.1 Å². The highest BCUT2D eigenvalue weighted by Gasteiger charge is 2.28. The average molecular weight is 268 g/mol. The number of rotatable bonds is 5. The SMILES string of the molecule is CN1CCN(C(=O)CN2CCCC2CCCN)CC1. The molecular formula is C14H28N4O. The minimum absolute atomic E-state index is 0.313. The summed E-state index contributed by atoms with van der Waals surface area (Å²) in [6.45, 7) is 6.22. The van der Waals surface area contributed by atoms with Crippen molar-refractivity contribution in [1.82, 2.24) is 14.7 Å². The second-order valence-corrected chi connectivity index (χ2v) is 5.88. The molecule has 2 aliphatic rings. The van der Waals surface area contributed by atoms with Gasteiger partial charge < -0.3 is 15.5 Å². The summed E-state index contributed by atoms with van der Waals surface area (Å²) in [5.74, 6) is 0.313. The molecule has 5 heteroatoms. The fourth-order valence-corrected chi connectivity index (χ4v) is 3.11. The second-order valence-electron chi connectivity index (χ2n) is 5.88. The monoisotopic (exact) mass is 268 g/mol. The molecule has 5 nitrogen and oxygen atoms in total. The van der Waals surface area contributed by atoms with Gasteiger partial charge in [-0.15, -0.1) is 0 Å². The molecule has 0 aliphatic carbocycles. The van der Waals surface area contributed by atoms with Crippen molar-refractivity contribution in [1.29, 1.82) is 0 Å². The summed E-state index contributed by atoms with van der Waals surface area (Å²) in [7, 11) is 2.12. The molecule has 0 saturated carbocycles. The molecule has 2 rings (SSSR count). The number of hydrogen-bond acceptors (Lipinski definition) is 4. The van der Waals surface area contributed by atoms with Crippen molar-refractivity contribution in [3.8, 4) is 0 Å². The molecular weight excluding hydrogens is 240 g/mol. The quantitative estimate of drug-likeness (QED) is 0.760. The fraction of sp³-hybridized carbons (Fsp3) is 0.929. The van der Waals surface area contributed by atoms with Crippen LogP contribution in [-0.4, -0.2) is 79.5 Å². The van der Waals surface area contributed by atoms with Crippen LogP contribution in [0.2, 0.25) is 0 Å². The number of nitrogens with two attached hydrogens (primary N) is 1. The number of carbonyl (C=O) groups is 1. The molecule has 1 atom stereocenters. The van der Waals surface area contributed by atoms with E-state index >= 15 is 0 Å². The Balaban J connectivity index is 1.77. The van der Waals surface area contributed by atoms with Crippen molar-refractivity contribution in [2.75, 3.05) is 52.9 Å². The zero-order valence-corrected chi connectivity index (χ0v) is 12.2. The molecule has 0 aromatic heterocycles. The number of likely N-dealkylation sites (N-methyl/N-ethyl adjacent to an activating group) is 1. The Morgan fingerprint density at radius 2 is 1.95 bits per heavy atom. The van der Waals surface area contributed by atoms with Crippen LogP contribution in [0.4, 0.5) is 0 Å². The molecule has 19 heavy (non-hydrogen) atoms. The molecule has 0 radical (unpaired) electrons. The van der Waals surface area contributed by atoms with Gasteiger partial charge in [-0.25, -0.2) is 0 Å².